The quantitative estimate of drug-likeness (QED) is 0.615. The summed E-state index contributed by atoms with van der Waals surface area (Å²) in [6.07, 6.45) is 3.85. The van der Waals surface area contributed by atoms with Gasteiger partial charge in [-0.3, -0.25) is 4.79 Å². The van der Waals surface area contributed by atoms with Crippen LogP contribution in [-0.4, -0.2) is 11.0 Å². The summed E-state index contributed by atoms with van der Waals surface area (Å²) in [6, 6.07) is 14.3. The van der Waals surface area contributed by atoms with Gasteiger partial charge in [-0.15, -0.1) is 0 Å². The lowest BCUT2D eigenvalue weighted by molar-refractivity contribution is -0.147. The van der Waals surface area contributed by atoms with Crippen molar-refractivity contribution in [2.75, 3.05) is 0 Å². The number of hydrogen-bond donors (Lipinski definition) is 0. The first kappa shape index (κ1) is 13.8. The highest BCUT2D eigenvalue weighted by molar-refractivity contribution is 5.66. The summed E-state index contributed by atoms with van der Waals surface area (Å²) in [5, 5.41) is 0. The van der Waals surface area contributed by atoms with Crippen LogP contribution in [0.15, 0.2) is 42.5 Å². The number of aryl methyl sites for hydroxylation is 1. The van der Waals surface area contributed by atoms with Gasteiger partial charge in [-0.2, -0.15) is 0 Å². The summed E-state index contributed by atoms with van der Waals surface area (Å²) >= 11 is 0. The molecule has 0 saturated carbocycles. The van der Waals surface area contributed by atoms with E-state index in [9.17, 15) is 4.79 Å². The Hall–Kier alpha value is -2.16. The standard InChI is InChI=1S/C18H19NO2/c1-13(20)21-17-10-6-5-9-15-11-12-16(19-18(15)17)14-7-3-2-4-8-14/h2-4,7-8,11-12,17H,5-6,9-10H2,1H3. The van der Waals surface area contributed by atoms with Crippen molar-refractivity contribution in [2.45, 2.75) is 38.7 Å². The van der Waals surface area contributed by atoms with Crippen LogP contribution in [0.5, 0.6) is 0 Å². The third kappa shape index (κ3) is 3.13. The van der Waals surface area contributed by atoms with Crippen molar-refractivity contribution in [3.05, 3.63) is 53.7 Å². The van der Waals surface area contributed by atoms with E-state index >= 15 is 0 Å². The second-order valence-corrected chi connectivity index (χ2v) is 5.45. The molecular weight excluding hydrogens is 262 g/mol. The molecule has 0 aliphatic heterocycles. The SMILES string of the molecule is CC(=O)OC1CCCCc2ccc(-c3ccccc3)nc21. The number of nitrogens with zero attached hydrogens (tertiary/aromatic N) is 1. The van der Waals surface area contributed by atoms with Crippen LogP contribution >= 0.6 is 0 Å². The molecule has 0 fully saturated rings. The number of ether oxygens (including phenoxy) is 1. The first-order chi connectivity index (χ1) is 10.2. The van der Waals surface area contributed by atoms with E-state index in [1.54, 1.807) is 0 Å². The van der Waals surface area contributed by atoms with Crippen LogP contribution in [0.3, 0.4) is 0 Å². The number of esters is 1. The Bertz CT molecular complexity index is 637. The number of carbonyl (C=O) groups excluding carboxylic acids is 1. The molecule has 1 aromatic carbocycles. The molecule has 3 heteroatoms. The summed E-state index contributed by atoms with van der Waals surface area (Å²) in [7, 11) is 0. The molecule has 0 amide bonds. The molecule has 1 atom stereocenters. The van der Waals surface area contributed by atoms with Crippen LogP contribution in [0.2, 0.25) is 0 Å². The van der Waals surface area contributed by atoms with Crippen molar-refractivity contribution in [1.29, 1.82) is 0 Å². The second-order valence-electron chi connectivity index (χ2n) is 5.45. The summed E-state index contributed by atoms with van der Waals surface area (Å²) in [5.41, 5.74) is 4.17. The van der Waals surface area contributed by atoms with Crippen LogP contribution in [0.4, 0.5) is 0 Å². The minimum Gasteiger partial charge on any atom is -0.456 e. The molecular formula is C18H19NO2. The first-order valence-corrected chi connectivity index (χ1v) is 7.46. The van der Waals surface area contributed by atoms with Crippen molar-refractivity contribution in [3.63, 3.8) is 0 Å². The van der Waals surface area contributed by atoms with Crippen molar-refractivity contribution >= 4 is 5.97 Å². The Balaban J connectivity index is 2.01. The number of hydrogen-bond acceptors (Lipinski definition) is 3. The summed E-state index contributed by atoms with van der Waals surface area (Å²) in [4.78, 5) is 16.1. The Labute approximate surface area is 125 Å². The van der Waals surface area contributed by atoms with Crippen molar-refractivity contribution < 1.29 is 9.53 Å². The molecule has 0 N–H and O–H groups in total. The van der Waals surface area contributed by atoms with Crippen LogP contribution in [-0.2, 0) is 16.0 Å². The van der Waals surface area contributed by atoms with E-state index in [2.05, 4.69) is 12.1 Å². The molecule has 1 heterocycles. The highest BCUT2D eigenvalue weighted by Crippen LogP contribution is 2.32. The smallest absolute Gasteiger partial charge is 0.303 e. The molecule has 0 bridgehead atoms. The number of pyridine rings is 1. The Morgan fingerprint density at radius 2 is 1.95 bits per heavy atom. The fraction of sp³-hybridized carbons (Fsp3) is 0.333. The number of benzene rings is 1. The van der Waals surface area contributed by atoms with E-state index < -0.39 is 0 Å². The van der Waals surface area contributed by atoms with Gasteiger partial charge < -0.3 is 4.74 Å². The zero-order valence-corrected chi connectivity index (χ0v) is 12.2. The monoisotopic (exact) mass is 281 g/mol. The molecule has 0 saturated heterocycles. The van der Waals surface area contributed by atoms with Crippen molar-refractivity contribution in [2.24, 2.45) is 0 Å². The third-order valence-electron chi connectivity index (χ3n) is 3.86. The number of fused-ring (bicyclic) bond motifs is 1. The second kappa shape index (κ2) is 6.08. The predicted molar refractivity (Wildman–Crippen MR) is 81.7 cm³/mol. The third-order valence-corrected chi connectivity index (χ3v) is 3.86. The fourth-order valence-electron chi connectivity index (χ4n) is 2.86. The summed E-state index contributed by atoms with van der Waals surface area (Å²) in [5.74, 6) is -0.236. The Kier molecular flexibility index (Phi) is 4.00. The topological polar surface area (TPSA) is 39.2 Å². The molecule has 108 valence electrons. The van der Waals surface area contributed by atoms with E-state index in [0.717, 1.165) is 42.6 Å². The molecule has 21 heavy (non-hydrogen) atoms. The van der Waals surface area contributed by atoms with Gasteiger partial charge in [0.15, 0.2) is 0 Å². The molecule has 1 unspecified atom stereocenters. The highest BCUT2D eigenvalue weighted by atomic mass is 16.5. The van der Waals surface area contributed by atoms with Crippen LogP contribution in [0, 0.1) is 0 Å². The van der Waals surface area contributed by atoms with Gasteiger partial charge in [0.2, 0.25) is 0 Å². The van der Waals surface area contributed by atoms with Gasteiger partial charge in [-0.1, -0.05) is 36.4 Å². The number of aromatic nitrogens is 1. The van der Waals surface area contributed by atoms with Gasteiger partial charge in [-0.25, -0.2) is 4.98 Å². The Morgan fingerprint density at radius 1 is 1.14 bits per heavy atom. The van der Waals surface area contributed by atoms with Gasteiger partial charge in [0.1, 0.15) is 6.10 Å². The van der Waals surface area contributed by atoms with Gasteiger partial charge >= 0.3 is 5.97 Å². The molecule has 1 aliphatic carbocycles. The molecule has 0 radical (unpaired) electrons. The lowest BCUT2D eigenvalue weighted by atomic mass is 10.0. The molecule has 1 aliphatic rings. The lowest BCUT2D eigenvalue weighted by Crippen LogP contribution is -2.11. The minimum absolute atomic E-state index is 0.205. The van der Waals surface area contributed by atoms with Crippen LogP contribution < -0.4 is 0 Å². The van der Waals surface area contributed by atoms with E-state index in [-0.39, 0.29) is 12.1 Å². The average molecular weight is 281 g/mol. The molecule has 3 rings (SSSR count). The van der Waals surface area contributed by atoms with Crippen LogP contribution in [0.25, 0.3) is 11.3 Å². The van der Waals surface area contributed by atoms with Crippen molar-refractivity contribution in [3.8, 4) is 11.3 Å². The zero-order chi connectivity index (χ0) is 14.7. The van der Waals surface area contributed by atoms with E-state index in [4.69, 9.17) is 9.72 Å². The summed E-state index contributed by atoms with van der Waals surface area (Å²) in [6.45, 7) is 1.46. The lowest BCUT2D eigenvalue weighted by Gasteiger charge is -2.17. The maximum absolute atomic E-state index is 11.3. The van der Waals surface area contributed by atoms with Gasteiger partial charge in [-0.05, 0) is 37.3 Å². The number of rotatable bonds is 2. The first-order valence-electron chi connectivity index (χ1n) is 7.46. The Morgan fingerprint density at radius 3 is 2.71 bits per heavy atom. The molecule has 2 aromatic rings. The maximum atomic E-state index is 11.3. The van der Waals surface area contributed by atoms with Gasteiger partial charge in [0.25, 0.3) is 0 Å². The maximum Gasteiger partial charge on any atom is 0.303 e. The minimum atomic E-state index is -0.236. The largest absolute Gasteiger partial charge is 0.456 e. The van der Waals surface area contributed by atoms with Gasteiger partial charge in [0.05, 0.1) is 11.4 Å². The molecule has 0 spiro atoms. The van der Waals surface area contributed by atoms with E-state index in [0.29, 0.717) is 0 Å². The van der Waals surface area contributed by atoms with E-state index in [1.807, 2.05) is 30.3 Å². The van der Waals surface area contributed by atoms with Crippen LogP contribution in [0.1, 0.15) is 43.5 Å². The van der Waals surface area contributed by atoms with E-state index in [1.165, 1.54) is 12.5 Å². The fourth-order valence-corrected chi connectivity index (χ4v) is 2.86. The van der Waals surface area contributed by atoms with Crippen molar-refractivity contribution in [1.82, 2.24) is 4.98 Å². The summed E-state index contributed by atoms with van der Waals surface area (Å²) < 4.78 is 5.49. The van der Waals surface area contributed by atoms with Gasteiger partial charge in [0, 0.05) is 12.5 Å². The zero-order valence-electron chi connectivity index (χ0n) is 12.2. The predicted octanol–water partition coefficient (Wildman–Crippen LogP) is 4.08. The average Bonchev–Trinajstić information content (AvgIpc) is 2.70. The normalized spacial score (nSPS) is 17.7. The number of carbonyl (C=O) groups is 1. The molecule has 1 aromatic heterocycles. The molecule has 3 nitrogen and oxygen atoms in total. The highest BCUT2D eigenvalue weighted by Gasteiger charge is 2.23.